The van der Waals surface area contributed by atoms with Gasteiger partial charge in [-0.3, -0.25) is 0 Å². The molecule has 0 amide bonds. The van der Waals surface area contributed by atoms with Gasteiger partial charge in [0.1, 0.15) is 5.76 Å². The van der Waals surface area contributed by atoms with E-state index in [1.165, 1.54) is 56.9 Å². The molecule has 1 aromatic rings. The molecule has 0 aliphatic heterocycles. The van der Waals surface area contributed by atoms with Crippen molar-refractivity contribution in [3.05, 3.63) is 23.7 Å². The van der Waals surface area contributed by atoms with E-state index >= 15 is 0 Å². The average Bonchev–Trinajstić information content (AvgIpc) is 2.83. The van der Waals surface area contributed by atoms with Gasteiger partial charge >= 0.3 is 0 Å². The quantitative estimate of drug-likeness (QED) is 0.543. The van der Waals surface area contributed by atoms with E-state index in [1.807, 2.05) is 13.2 Å². The van der Waals surface area contributed by atoms with Crippen LogP contribution in [0.15, 0.2) is 16.7 Å². The third-order valence-corrected chi connectivity index (χ3v) is 3.64. The monoisotopic (exact) mass is 265 g/mol. The molecule has 0 saturated carbocycles. The lowest BCUT2D eigenvalue weighted by atomic mass is 10.0. The van der Waals surface area contributed by atoms with E-state index in [2.05, 4.69) is 25.2 Å². The molecule has 19 heavy (non-hydrogen) atoms. The highest BCUT2D eigenvalue weighted by molar-refractivity contribution is 5.16. The van der Waals surface area contributed by atoms with Crippen LogP contribution in [0, 0.1) is 6.92 Å². The number of furan rings is 1. The number of hydrogen-bond acceptors (Lipinski definition) is 2. The second-order valence-corrected chi connectivity index (χ2v) is 5.55. The standard InChI is InChI=1S/C17H31NO/c1-4-6-7-8-9-10-11-17(18-12-5-2)16-13-15(3)19-14-16/h13-14,17-18H,4-12H2,1-3H3. The predicted molar refractivity (Wildman–Crippen MR) is 82.5 cm³/mol. The molecule has 0 saturated heterocycles. The largest absolute Gasteiger partial charge is 0.469 e. The van der Waals surface area contributed by atoms with Crippen molar-refractivity contribution in [2.75, 3.05) is 6.54 Å². The van der Waals surface area contributed by atoms with Gasteiger partial charge in [-0.1, -0.05) is 52.4 Å². The predicted octanol–water partition coefficient (Wildman–Crippen LogP) is 5.38. The second-order valence-electron chi connectivity index (χ2n) is 5.55. The van der Waals surface area contributed by atoms with Gasteiger partial charge in [-0.15, -0.1) is 0 Å². The zero-order chi connectivity index (χ0) is 13.9. The Morgan fingerprint density at radius 2 is 1.79 bits per heavy atom. The van der Waals surface area contributed by atoms with Crippen molar-refractivity contribution < 1.29 is 4.42 Å². The molecule has 0 radical (unpaired) electrons. The van der Waals surface area contributed by atoms with Crippen molar-refractivity contribution >= 4 is 0 Å². The summed E-state index contributed by atoms with van der Waals surface area (Å²) >= 11 is 0. The summed E-state index contributed by atoms with van der Waals surface area (Å²) in [7, 11) is 0. The lowest BCUT2D eigenvalue weighted by molar-refractivity contribution is 0.459. The number of hydrogen-bond donors (Lipinski definition) is 1. The molecule has 0 spiro atoms. The molecule has 0 aliphatic carbocycles. The van der Waals surface area contributed by atoms with Crippen molar-refractivity contribution in [2.24, 2.45) is 0 Å². The molecule has 1 heterocycles. The first-order valence-corrected chi connectivity index (χ1v) is 8.06. The second kappa shape index (κ2) is 10.1. The summed E-state index contributed by atoms with van der Waals surface area (Å²) in [5.41, 5.74) is 1.32. The van der Waals surface area contributed by atoms with Crippen molar-refractivity contribution in [1.29, 1.82) is 0 Å². The Balaban J connectivity index is 2.29. The first kappa shape index (κ1) is 16.3. The molecule has 1 aromatic heterocycles. The minimum absolute atomic E-state index is 0.476. The van der Waals surface area contributed by atoms with Crippen LogP contribution < -0.4 is 5.32 Å². The van der Waals surface area contributed by atoms with E-state index < -0.39 is 0 Å². The van der Waals surface area contributed by atoms with Gasteiger partial charge < -0.3 is 9.73 Å². The molecule has 0 bridgehead atoms. The number of aryl methyl sites for hydroxylation is 1. The minimum Gasteiger partial charge on any atom is -0.469 e. The third-order valence-electron chi connectivity index (χ3n) is 3.64. The molecule has 2 nitrogen and oxygen atoms in total. The van der Waals surface area contributed by atoms with Crippen molar-refractivity contribution in [3.63, 3.8) is 0 Å². The molecule has 1 unspecified atom stereocenters. The summed E-state index contributed by atoms with van der Waals surface area (Å²) in [5.74, 6) is 1.02. The van der Waals surface area contributed by atoms with Crippen molar-refractivity contribution in [1.82, 2.24) is 5.32 Å². The van der Waals surface area contributed by atoms with E-state index in [-0.39, 0.29) is 0 Å². The molecule has 1 N–H and O–H groups in total. The molecule has 1 rings (SSSR count). The summed E-state index contributed by atoms with van der Waals surface area (Å²) in [5, 5.41) is 3.64. The van der Waals surface area contributed by atoms with E-state index in [0.717, 1.165) is 12.3 Å². The molecule has 0 fully saturated rings. The highest BCUT2D eigenvalue weighted by atomic mass is 16.3. The van der Waals surface area contributed by atoms with Crippen LogP contribution in [0.5, 0.6) is 0 Å². The SMILES string of the molecule is CCCCCCCCC(NCCC)c1coc(C)c1. The molecular formula is C17H31NO. The van der Waals surface area contributed by atoms with Crippen LogP contribution >= 0.6 is 0 Å². The molecule has 0 aliphatic rings. The zero-order valence-corrected chi connectivity index (χ0v) is 13.0. The summed E-state index contributed by atoms with van der Waals surface area (Å²) in [6, 6.07) is 2.65. The maximum atomic E-state index is 5.44. The van der Waals surface area contributed by atoms with Crippen LogP contribution in [0.1, 0.15) is 82.6 Å². The molecule has 0 aromatic carbocycles. The van der Waals surface area contributed by atoms with E-state index in [0.29, 0.717) is 6.04 Å². The van der Waals surface area contributed by atoms with Crippen LogP contribution in [0.2, 0.25) is 0 Å². The Morgan fingerprint density at radius 1 is 1.05 bits per heavy atom. The van der Waals surface area contributed by atoms with Crippen LogP contribution in [-0.4, -0.2) is 6.54 Å². The maximum absolute atomic E-state index is 5.44. The van der Waals surface area contributed by atoms with Gasteiger partial charge in [0, 0.05) is 11.6 Å². The van der Waals surface area contributed by atoms with Gasteiger partial charge in [-0.2, -0.15) is 0 Å². The van der Waals surface area contributed by atoms with E-state index in [1.54, 1.807) is 0 Å². The Morgan fingerprint density at radius 3 is 2.42 bits per heavy atom. The summed E-state index contributed by atoms with van der Waals surface area (Å²) < 4.78 is 5.44. The van der Waals surface area contributed by atoms with Crippen LogP contribution in [0.4, 0.5) is 0 Å². The first-order valence-electron chi connectivity index (χ1n) is 8.06. The topological polar surface area (TPSA) is 25.2 Å². The summed E-state index contributed by atoms with van der Waals surface area (Å²) in [6.07, 6.45) is 12.5. The van der Waals surface area contributed by atoms with Gasteiger partial charge in [0.15, 0.2) is 0 Å². The molecular weight excluding hydrogens is 234 g/mol. The number of unbranched alkanes of at least 4 members (excludes halogenated alkanes) is 5. The number of nitrogens with one attached hydrogen (secondary N) is 1. The zero-order valence-electron chi connectivity index (χ0n) is 13.0. The van der Waals surface area contributed by atoms with Gasteiger partial charge in [0.05, 0.1) is 6.26 Å². The van der Waals surface area contributed by atoms with Crippen LogP contribution in [0.3, 0.4) is 0 Å². The van der Waals surface area contributed by atoms with Crippen molar-refractivity contribution in [3.8, 4) is 0 Å². The smallest absolute Gasteiger partial charge is 0.101 e. The first-order chi connectivity index (χ1) is 9.27. The number of rotatable bonds is 11. The highest BCUT2D eigenvalue weighted by Gasteiger charge is 2.12. The minimum atomic E-state index is 0.476. The fourth-order valence-corrected chi connectivity index (χ4v) is 2.48. The Bertz CT molecular complexity index is 319. The van der Waals surface area contributed by atoms with Crippen molar-refractivity contribution in [2.45, 2.75) is 78.2 Å². The maximum Gasteiger partial charge on any atom is 0.101 e. The fraction of sp³-hybridized carbons (Fsp3) is 0.765. The summed E-state index contributed by atoms with van der Waals surface area (Å²) in [6.45, 7) is 7.59. The normalized spacial score (nSPS) is 12.8. The van der Waals surface area contributed by atoms with Gasteiger partial charge in [0.25, 0.3) is 0 Å². The average molecular weight is 265 g/mol. The molecule has 1 atom stereocenters. The summed E-state index contributed by atoms with van der Waals surface area (Å²) in [4.78, 5) is 0. The van der Waals surface area contributed by atoms with Gasteiger partial charge in [0.2, 0.25) is 0 Å². The Hall–Kier alpha value is -0.760. The molecule has 110 valence electrons. The lowest BCUT2D eigenvalue weighted by Crippen LogP contribution is -2.21. The molecule has 2 heteroatoms. The Kier molecular flexibility index (Phi) is 8.64. The Labute approximate surface area is 119 Å². The third kappa shape index (κ3) is 6.81. The van der Waals surface area contributed by atoms with Crippen LogP contribution in [0.25, 0.3) is 0 Å². The van der Waals surface area contributed by atoms with Gasteiger partial charge in [-0.25, -0.2) is 0 Å². The fourth-order valence-electron chi connectivity index (χ4n) is 2.48. The highest BCUT2D eigenvalue weighted by Crippen LogP contribution is 2.22. The van der Waals surface area contributed by atoms with E-state index in [9.17, 15) is 0 Å². The van der Waals surface area contributed by atoms with E-state index in [4.69, 9.17) is 4.42 Å². The lowest BCUT2D eigenvalue weighted by Gasteiger charge is -2.16. The van der Waals surface area contributed by atoms with Crippen LogP contribution in [-0.2, 0) is 0 Å². The van der Waals surface area contributed by atoms with Gasteiger partial charge in [-0.05, 0) is 32.4 Å².